The molecule has 2 aromatic rings. The van der Waals surface area contributed by atoms with E-state index in [0.717, 1.165) is 17.1 Å². The number of nitrogens with one attached hydrogen (secondary N) is 1. The molecule has 0 aliphatic carbocycles. The van der Waals surface area contributed by atoms with Crippen molar-refractivity contribution in [2.75, 3.05) is 0 Å². The van der Waals surface area contributed by atoms with Crippen molar-refractivity contribution < 1.29 is 4.42 Å². The second-order valence-electron chi connectivity index (χ2n) is 5.07. The molecule has 0 spiro atoms. The average molecular weight is 234 g/mol. The minimum absolute atomic E-state index is 0.0582. The van der Waals surface area contributed by atoms with Crippen LogP contribution in [0.5, 0.6) is 0 Å². The van der Waals surface area contributed by atoms with Crippen LogP contribution >= 0.6 is 0 Å². The number of aryl methyl sites for hydroxylation is 1. The SMILES string of the molecule is Cn1nccc1-c1ocnc1CNC(C)(C)C. The molecule has 92 valence electrons. The van der Waals surface area contributed by atoms with Gasteiger partial charge in [0.05, 0.1) is 0 Å². The summed E-state index contributed by atoms with van der Waals surface area (Å²) in [5, 5.41) is 7.52. The minimum Gasteiger partial charge on any atom is -0.442 e. The van der Waals surface area contributed by atoms with Crippen molar-refractivity contribution in [1.82, 2.24) is 20.1 Å². The number of rotatable bonds is 3. The Bertz CT molecular complexity index is 493. The molecular formula is C12H18N4O. The number of oxazole rings is 1. The van der Waals surface area contributed by atoms with Crippen LogP contribution in [-0.2, 0) is 13.6 Å². The van der Waals surface area contributed by atoms with Crippen LogP contribution in [0.15, 0.2) is 23.1 Å². The fourth-order valence-corrected chi connectivity index (χ4v) is 1.55. The van der Waals surface area contributed by atoms with E-state index in [1.165, 1.54) is 6.39 Å². The molecule has 0 atom stereocenters. The van der Waals surface area contributed by atoms with Crippen LogP contribution in [0.3, 0.4) is 0 Å². The van der Waals surface area contributed by atoms with Gasteiger partial charge in [0, 0.05) is 25.3 Å². The Balaban J connectivity index is 2.21. The number of hydrogen-bond acceptors (Lipinski definition) is 4. The van der Waals surface area contributed by atoms with Gasteiger partial charge in [-0.15, -0.1) is 0 Å². The van der Waals surface area contributed by atoms with Crippen LogP contribution < -0.4 is 5.32 Å². The molecule has 0 aliphatic heterocycles. The molecule has 17 heavy (non-hydrogen) atoms. The Morgan fingerprint density at radius 1 is 1.41 bits per heavy atom. The first-order valence-electron chi connectivity index (χ1n) is 5.63. The van der Waals surface area contributed by atoms with Crippen molar-refractivity contribution in [2.24, 2.45) is 7.05 Å². The first-order chi connectivity index (χ1) is 7.97. The van der Waals surface area contributed by atoms with E-state index in [4.69, 9.17) is 4.42 Å². The van der Waals surface area contributed by atoms with Crippen LogP contribution in [0.25, 0.3) is 11.5 Å². The van der Waals surface area contributed by atoms with E-state index in [9.17, 15) is 0 Å². The molecule has 0 aliphatic rings. The largest absolute Gasteiger partial charge is 0.442 e. The topological polar surface area (TPSA) is 55.9 Å². The highest BCUT2D eigenvalue weighted by molar-refractivity contribution is 5.54. The average Bonchev–Trinajstić information content (AvgIpc) is 2.81. The van der Waals surface area contributed by atoms with E-state index < -0.39 is 0 Å². The van der Waals surface area contributed by atoms with E-state index >= 15 is 0 Å². The second-order valence-corrected chi connectivity index (χ2v) is 5.07. The Hall–Kier alpha value is -1.62. The molecule has 2 rings (SSSR count). The Morgan fingerprint density at radius 2 is 2.18 bits per heavy atom. The van der Waals surface area contributed by atoms with Crippen LogP contribution in [0, 0.1) is 0 Å². The summed E-state index contributed by atoms with van der Waals surface area (Å²) in [6.07, 6.45) is 3.22. The maximum Gasteiger partial charge on any atom is 0.181 e. The van der Waals surface area contributed by atoms with Crippen LogP contribution in [0.1, 0.15) is 26.5 Å². The van der Waals surface area contributed by atoms with Gasteiger partial charge in [-0.25, -0.2) is 4.98 Å². The van der Waals surface area contributed by atoms with Crippen molar-refractivity contribution >= 4 is 0 Å². The molecule has 5 heteroatoms. The zero-order valence-electron chi connectivity index (χ0n) is 10.7. The summed E-state index contributed by atoms with van der Waals surface area (Å²) in [5.74, 6) is 0.779. The van der Waals surface area contributed by atoms with E-state index in [1.54, 1.807) is 10.9 Å². The zero-order chi connectivity index (χ0) is 12.5. The summed E-state index contributed by atoms with van der Waals surface area (Å²) in [4.78, 5) is 4.25. The lowest BCUT2D eigenvalue weighted by atomic mass is 10.1. The van der Waals surface area contributed by atoms with Gasteiger partial charge in [0.25, 0.3) is 0 Å². The van der Waals surface area contributed by atoms with Gasteiger partial charge < -0.3 is 9.73 Å². The number of aromatic nitrogens is 3. The highest BCUT2D eigenvalue weighted by Crippen LogP contribution is 2.22. The number of nitrogens with zero attached hydrogens (tertiary/aromatic N) is 3. The van der Waals surface area contributed by atoms with Crippen molar-refractivity contribution in [2.45, 2.75) is 32.9 Å². The van der Waals surface area contributed by atoms with Gasteiger partial charge in [0.2, 0.25) is 0 Å². The number of hydrogen-bond donors (Lipinski definition) is 1. The lowest BCUT2D eigenvalue weighted by Crippen LogP contribution is -2.35. The highest BCUT2D eigenvalue weighted by atomic mass is 16.3. The van der Waals surface area contributed by atoms with E-state index in [2.05, 4.69) is 36.2 Å². The first kappa shape index (κ1) is 11.9. The minimum atomic E-state index is 0.0582. The molecule has 5 nitrogen and oxygen atoms in total. The summed E-state index contributed by atoms with van der Waals surface area (Å²) >= 11 is 0. The third kappa shape index (κ3) is 2.74. The first-order valence-corrected chi connectivity index (χ1v) is 5.63. The van der Waals surface area contributed by atoms with Crippen molar-refractivity contribution in [3.8, 4) is 11.5 Å². The van der Waals surface area contributed by atoms with E-state index in [0.29, 0.717) is 6.54 Å². The monoisotopic (exact) mass is 234 g/mol. The fraction of sp³-hybridized carbons (Fsp3) is 0.500. The summed E-state index contributed by atoms with van der Waals surface area (Å²) in [5.41, 5.74) is 1.90. The Labute approximate surface area is 101 Å². The molecular weight excluding hydrogens is 216 g/mol. The quantitative estimate of drug-likeness (QED) is 0.882. The Morgan fingerprint density at radius 3 is 2.76 bits per heavy atom. The van der Waals surface area contributed by atoms with E-state index in [1.807, 2.05) is 13.1 Å². The van der Waals surface area contributed by atoms with Gasteiger partial charge in [-0.3, -0.25) is 4.68 Å². The predicted molar refractivity (Wildman–Crippen MR) is 65.3 cm³/mol. The van der Waals surface area contributed by atoms with Crippen molar-refractivity contribution in [3.05, 3.63) is 24.4 Å². The van der Waals surface area contributed by atoms with Gasteiger partial charge >= 0.3 is 0 Å². The molecule has 2 aromatic heterocycles. The zero-order valence-corrected chi connectivity index (χ0v) is 10.7. The molecule has 0 fully saturated rings. The van der Waals surface area contributed by atoms with Crippen LogP contribution in [0.2, 0.25) is 0 Å². The standard InChI is InChI=1S/C12H18N4O/c1-12(2,3)14-7-9-11(17-8-13-9)10-5-6-15-16(10)4/h5-6,8,14H,7H2,1-4H3. The third-order valence-corrected chi connectivity index (χ3v) is 2.48. The summed E-state index contributed by atoms with van der Waals surface area (Å²) in [6.45, 7) is 7.05. The molecule has 0 amide bonds. The molecule has 1 N–H and O–H groups in total. The molecule has 0 saturated heterocycles. The molecule has 0 bridgehead atoms. The van der Waals surface area contributed by atoms with Gasteiger partial charge in [-0.1, -0.05) is 0 Å². The van der Waals surface area contributed by atoms with Crippen LogP contribution in [-0.4, -0.2) is 20.3 Å². The lowest BCUT2D eigenvalue weighted by Gasteiger charge is -2.19. The summed E-state index contributed by atoms with van der Waals surface area (Å²) < 4.78 is 7.22. The normalized spacial score (nSPS) is 12.0. The molecule has 0 unspecified atom stereocenters. The third-order valence-electron chi connectivity index (χ3n) is 2.48. The van der Waals surface area contributed by atoms with Crippen molar-refractivity contribution in [3.63, 3.8) is 0 Å². The fourth-order valence-electron chi connectivity index (χ4n) is 1.55. The maximum atomic E-state index is 5.44. The predicted octanol–water partition coefficient (Wildman–Crippen LogP) is 1.96. The maximum absolute atomic E-state index is 5.44. The second kappa shape index (κ2) is 4.33. The smallest absolute Gasteiger partial charge is 0.181 e. The van der Waals surface area contributed by atoms with Gasteiger partial charge in [-0.05, 0) is 26.8 Å². The summed E-state index contributed by atoms with van der Waals surface area (Å²) in [6, 6.07) is 1.92. The molecule has 2 heterocycles. The van der Waals surface area contributed by atoms with Crippen LogP contribution in [0.4, 0.5) is 0 Å². The lowest BCUT2D eigenvalue weighted by molar-refractivity contribution is 0.421. The van der Waals surface area contributed by atoms with E-state index in [-0.39, 0.29) is 5.54 Å². The van der Waals surface area contributed by atoms with Gasteiger partial charge in [0.1, 0.15) is 11.4 Å². The summed E-state index contributed by atoms with van der Waals surface area (Å²) in [7, 11) is 1.89. The van der Waals surface area contributed by atoms with Gasteiger partial charge in [-0.2, -0.15) is 5.10 Å². The molecule has 0 saturated carbocycles. The van der Waals surface area contributed by atoms with Gasteiger partial charge in [0.15, 0.2) is 12.2 Å². The van der Waals surface area contributed by atoms with Crippen molar-refractivity contribution in [1.29, 1.82) is 0 Å². The highest BCUT2D eigenvalue weighted by Gasteiger charge is 2.16. The molecule has 0 aromatic carbocycles. The Kier molecular flexibility index (Phi) is 3.02. The molecule has 0 radical (unpaired) electrons.